The zero-order chi connectivity index (χ0) is 8.97. The van der Waals surface area contributed by atoms with Gasteiger partial charge in [0.15, 0.2) is 0 Å². The maximum absolute atomic E-state index is 5.16. The van der Waals surface area contributed by atoms with Gasteiger partial charge in [-0.05, 0) is 13.3 Å². The zero-order valence-electron chi connectivity index (χ0n) is 7.83. The van der Waals surface area contributed by atoms with Crippen LogP contribution in [0.1, 0.15) is 23.7 Å². The maximum atomic E-state index is 5.16. The van der Waals surface area contributed by atoms with Crippen LogP contribution < -0.4 is 0 Å². The third kappa shape index (κ3) is 2.57. The smallest absolute Gasteiger partial charge is 0.0953 e. The molecule has 0 aliphatic carbocycles. The Kier molecular flexibility index (Phi) is 3.69. The first kappa shape index (κ1) is 9.68. The highest BCUT2D eigenvalue weighted by Crippen LogP contribution is 2.15. The molecule has 12 heavy (non-hydrogen) atoms. The maximum Gasteiger partial charge on any atom is 0.0953 e. The molecule has 0 bridgehead atoms. The Morgan fingerprint density at radius 2 is 2.42 bits per heavy atom. The fourth-order valence-electron chi connectivity index (χ4n) is 0.935. The molecule has 0 amide bonds. The van der Waals surface area contributed by atoms with Gasteiger partial charge in [0.2, 0.25) is 0 Å². The van der Waals surface area contributed by atoms with E-state index >= 15 is 0 Å². The molecule has 1 aromatic heterocycles. The highest BCUT2D eigenvalue weighted by molar-refractivity contribution is 7.11. The molecule has 68 valence electrons. The van der Waals surface area contributed by atoms with Gasteiger partial charge in [0.1, 0.15) is 0 Å². The summed E-state index contributed by atoms with van der Waals surface area (Å²) in [4.78, 5) is 5.67. The third-order valence-electron chi connectivity index (χ3n) is 1.81. The molecule has 1 unspecified atom stereocenters. The van der Waals surface area contributed by atoms with Crippen LogP contribution in [0.25, 0.3) is 0 Å². The minimum absolute atomic E-state index is 0.279. The van der Waals surface area contributed by atoms with E-state index in [1.165, 1.54) is 9.88 Å². The standard InChI is InChI=1S/C9H15NOS/c1-4-8-6-10-9(12-8)5-7(2)11-3/h6-7H,4-5H2,1-3H3. The van der Waals surface area contributed by atoms with Crippen molar-refractivity contribution in [2.75, 3.05) is 7.11 Å². The fraction of sp³-hybridized carbons (Fsp3) is 0.667. The summed E-state index contributed by atoms with van der Waals surface area (Å²) in [5.74, 6) is 0. The molecule has 0 spiro atoms. The summed E-state index contributed by atoms with van der Waals surface area (Å²) in [5.41, 5.74) is 0. The Morgan fingerprint density at radius 1 is 1.67 bits per heavy atom. The normalized spacial score (nSPS) is 13.2. The number of hydrogen-bond donors (Lipinski definition) is 0. The van der Waals surface area contributed by atoms with Crippen LogP contribution in [0.4, 0.5) is 0 Å². The largest absolute Gasteiger partial charge is 0.381 e. The van der Waals surface area contributed by atoms with Gasteiger partial charge in [-0.15, -0.1) is 11.3 Å². The van der Waals surface area contributed by atoms with E-state index in [0.29, 0.717) is 0 Å². The van der Waals surface area contributed by atoms with Crippen LogP contribution in [0, 0.1) is 0 Å². The molecule has 1 heterocycles. The SMILES string of the molecule is CCc1cnc(CC(C)OC)s1. The summed E-state index contributed by atoms with van der Waals surface area (Å²) >= 11 is 1.79. The lowest BCUT2D eigenvalue weighted by molar-refractivity contribution is 0.119. The van der Waals surface area contributed by atoms with Crippen molar-refractivity contribution < 1.29 is 4.74 Å². The predicted octanol–water partition coefficient (Wildman–Crippen LogP) is 2.28. The van der Waals surface area contributed by atoms with Gasteiger partial charge in [-0.1, -0.05) is 6.92 Å². The molecular formula is C9H15NOS. The van der Waals surface area contributed by atoms with Gasteiger partial charge in [0, 0.05) is 24.6 Å². The number of aromatic nitrogens is 1. The van der Waals surface area contributed by atoms with E-state index in [-0.39, 0.29) is 6.10 Å². The van der Waals surface area contributed by atoms with E-state index in [2.05, 4.69) is 18.8 Å². The molecular weight excluding hydrogens is 170 g/mol. The van der Waals surface area contributed by atoms with Crippen molar-refractivity contribution in [3.05, 3.63) is 16.1 Å². The van der Waals surface area contributed by atoms with Gasteiger partial charge in [-0.2, -0.15) is 0 Å². The van der Waals surface area contributed by atoms with Gasteiger partial charge >= 0.3 is 0 Å². The van der Waals surface area contributed by atoms with E-state index in [4.69, 9.17) is 4.74 Å². The Balaban J connectivity index is 2.52. The average Bonchev–Trinajstić information content (AvgIpc) is 2.52. The van der Waals surface area contributed by atoms with Crippen molar-refractivity contribution >= 4 is 11.3 Å². The topological polar surface area (TPSA) is 22.1 Å². The van der Waals surface area contributed by atoms with Crippen molar-refractivity contribution in [2.45, 2.75) is 32.8 Å². The number of thiazole rings is 1. The lowest BCUT2D eigenvalue weighted by Gasteiger charge is -2.05. The molecule has 0 aromatic carbocycles. The Labute approximate surface area is 77.6 Å². The highest BCUT2D eigenvalue weighted by Gasteiger charge is 2.05. The lowest BCUT2D eigenvalue weighted by atomic mass is 10.3. The lowest BCUT2D eigenvalue weighted by Crippen LogP contribution is -2.07. The molecule has 0 fully saturated rings. The average molecular weight is 185 g/mol. The zero-order valence-corrected chi connectivity index (χ0v) is 8.65. The number of ether oxygens (including phenoxy) is 1. The summed E-state index contributed by atoms with van der Waals surface area (Å²) in [6.07, 6.45) is 4.25. The summed E-state index contributed by atoms with van der Waals surface area (Å²) in [6, 6.07) is 0. The number of methoxy groups -OCH3 is 1. The fourth-order valence-corrected chi connectivity index (χ4v) is 1.91. The van der Waals surface area contributed by atoms with Crippen LogP contribution >= 0.6 is 11.3 Å². The molecule has 0 radical (unpaired) electrons. The molecule has 1 aromatic rings. The van der Waals surface area contributed by atoms with E-state index in [9.17, 15) is 0 Å². The monoisotopic (exact) mass is 185 g/mol. The van der Waals surface area contributed by atoms with Crippen LogP contribution in [0.3, 0.4) is 0 Å². The summed E-state index contributed by atoms with van der Waals surface area (Å²) < 4.78 is 5.16. The summed E-state index contributed by atoms with van der Waals surface area (Å²) in [7, 11) is 1.74. The second-order valence-corrected chi connectivity index (χ2v) is 4.02. The van der Waals surface area contributed by atoms with E-state index < -0.39 is 0 Å². The van der Waals surface area contributed by atoms with Gasteiger partial charge in [0.25, 0.3) is 0 Å². The molecule has 0 saturated heterocycles. The van der Waals surface area contributed by atoms with Gasteiger partial charge in [-0.3, -0.25) is 0 Å². The Bertz CT molecular complexity index is 234. The van der Waals surface area contributed by atoms with Crippen molar-refractivity contribution in [1.82, 2.24) is 4.98 Å². The van der Waals surface area contributed by atoms with Crippen molar-refractivity contribution in [3.8, 4) is 0 Å². The summed E-state index contributed by atoms with van der Waals surface area (Å²) in [5, 5.41) is 1.18. The van der Waals surface area contributed by atoms with Crippen molar-refractivity contribution in [1.29, 1.82) is 0 Å². The first-order chi connectivity index (χ1) is 5.76. The molecule has 2 nitrogen and oxygen atoms in total. The molecule has 1 atom stereocenters. The van der Waals surface area contributed by atoms with Crippen molar-refractivity contribution in [2.24, 2.45) is 0 Å². The van der Waals surface area contributed by atoms with Gasteiger partial charge in [-0.25, -0.2) is 4.98 Å². The second-order valence-electron chi connectivity index (χ2n) is 2.82. The minimum atomic E-state index is 0.279. The van der Waals surface area contributed by atoms with Crippen LogP contribution in [-0.4, -0.2) is 18.2 Å². The highest BCUT2D eigenvalue weighted by atomic mass is 32.1. The molecule has 0 aliphatic heterocycles. The summed E-state index contributed by atoms with van der Waals surface area (Å²) in [6.45, 7) is 4.21. The quantitative estimate of drug-likeness (QED) is 0.718. The predicted molar refractivity (Wildman–Crippen MR) is 51.7 cm³/mol. The van der Waals surface area contributed by atoms with Crippen molar-refractivity contribution in [3.63, 3.8) is 0 Å². The molecule has 1 rings (SSSR count). The van der Waals surface area contributed by atoms with Gasteiger partial charge < -0.3 is 4.74 Å². The Morgan fingerprint density at radius 3 is 2.92 bits per heavy atom. The first-order valence-corrected chi connectivity index (χ1v) is 5.04. The number of aryl methyl sites for hydroxylation is 1. The van der Waals surface area contributed by atoms with E-state index in [1.807, 2.05) is 6.20 Å². The number of rotatable bonds is 4. The third-order valence-corrected chi connectivity index (χ3v) is 2.98. The van der Waals surface area contributed by atoms with Crippen LogP contribution in [0.15, 0.2) is 6.20 Å². The second kappa shape index (κ2) is 4.58. The minimum Gasteiger partial charge on any atom is -0.381 e. The number of hydrogen-bond acceptors (Lipinski definition) is 3. The molecule has 3 heteroatoms. The van der Waals surface area contributed by atoms with Crippen LogP contribution in [-0.2, 0) is 17.6 Å². The van der Waals surface area contributed by atoms with Crippen LogP contribution in [0.2, 0.25) is 0 Å². The first-order valence-electron chi connectivity index (χ1n) is 4.22. The van der Waals surface area contributed by atoms with Gasteiger partial charge in [0.05, 0.1) is 11.1 Å². The van der Waals surface area contributed by atoms with Crippen LogP contribution in [0.5, 0.6) is 0 Å². The molecule has 0 N–H and O–H groups in total. The van der Waals surface area contributed by atoms with E-state index in [0.717, 1.165) is 12.8 Å². The number of nitrogens with zero attached hydrogens (tertiary/aromatic N) is 1. The van der Waals surface area contributed by atoms with E-state index in [1.54, 1.807) is 18.4 Å². The molecule has 0 saturated carbocycles. The Hall–Kier alpha value is -0.410. The molecule has 0 aliphatic rings.